The van der Waals surface area contributed by atoms with E-state index in [0.717, 1.165) is 12.8 Å². The smallest absolute Gasteiger partial charge is 0.302 e. The van der Waals surface area contributed by atoms with Crippen molar-refractivity contribution in [1.29, 1.82) is 0 Å². The fraction of sp³-hybridized carbons (Fsp3) is 0.625. The van der Waals surface area contributed by atoms with E-state index in [9.17, 15) is 4.79 Å². The minimum atomic E-state index is -0.200. The van der Waals surface area contributed by atoms with Crippen molar-refractivity contribution in [3.05, 3.63) is 0 Å². The molecule has 0 aromatic carbocycles. The van der Waals surface area contributed by atoms with Crippen molar-refractivity contribution < 1.29 is 9.53 Å². The molecule has 0 amide bonds. The van der Waals surface area contributed by atoms with Crippen LogP contribution < -0.4 is 0 Å². The minimum Gasteiger partial charge on any atom is -0.462 e. The van der Waals surface area contributed by atoms with Crippen molar-refractivity contribution >= 4 is 5.97 Å². The third-order valence-electron chi connectivity index (χ3n) is 1.38. The second-order valence-electron chi connectivity index (χ2n) is 2.33. The van der Waals surface area contributed by atoms with Gasteiger partial charge in [0.2, 0.25) is 0 Å². The van der Waals surface area contributed by atoms with E-state index in [4.69, 9.17) is 4.74 Å². The Bertz CT molecular complexity index is 185. The summed E-state index contributed by atoms with van der Waals surface area (Å²) in [6.45, 7) is 1.43. The molecular weight excluding hydrogens is 128 g/mol. The summed E-state index contributed by atoms with van der Waals surface area (Å²) in [6.07, 6.45) is 2.52. The van der Waals surface area contributed by atoms with E-state index in [1.807, 2.05) is 0 Å². The largest absolute Gasteiger partial charge is 0.462 e. The predicted molar refractivity (Wildman–Crippen MR) is 37.2 cm³/mol. The number of esters is 1. The molecule has 0 saturated carbocycles. The molecule has 0 bridgehead atoms. The lowest BCUT2D eigenvalue weighted by atomic mass is 10.1. The summed E-state index contributed by atoms with van der Waals surface area (Å²) in [5.41, 5.74) is 0. The van der Waals surface area contributed by atoms with Crippen molar-refractivity contribution in [3.63, 3.8) is 0 Å². The zero-order valence-electron chi connectivity index (χ0n) is 6.02. The van der Waals surface area contributed by atoms with E-state index in [1.54, 1.807) is 0 Å². The summed E-state index contributed by atoms with van der Waals surface area (Å²) in [4.78, 5) is 10.4. The molecule has 54 valence electrons. The van der Waals surface area contributed by atoms with Crippen LogP contribution in [0.3, 0.4) is 0 Å². The fourth-order valence-electron chi connectivity index (χ4n) is 0.945. The van der Waals surface area contributed by atoms with Gasteiger partial charge < -0.3 is 4.74 Å². The topological polar surface area (TPSA) is 26.3 Å². The number of ether oxygens (including phenoxy) is 1. The second kappa shape index (κ2) is 3.26. The molecule has 0 saturated heterocycles. The molecule has 0 radical (unpaired) electrons. The SMILES string of the molecule is CC(=O)OC1CC#CCC1. The van der Waals surface area contributed by atoms with Crippen LogP contribution in [0.5, 0.6) is 0 Å². The highest BCUT2D eigenvalue weighted by molar-refractivity contribution is 5.66. The molecular formula is C8H10O2. The summed E-state index contributed by atoms with van der Waals surface area (Å²) in [5, 5.41) is 0. The van der Waals surface area contributed by atoms with Gasteiger partial charge in [0.1, 0.15) is 6.10 Å². The monoisotopic (exact) mass is 138 g/mol. The summed E-state index contributed by atoms with van der Waals surface area (Å²) >= 11 is 0. The molecule has 0 aromatic rings. The lowest BCUT2D eigenvalue weighted by Crippen LogP contribution is -2.16. The van der Waals surface area contributed by atoms with Gasteiger partial charge in [-0.2, -0.15) is 0 Å². The Labute approximate surface area is 60.6 Å². The normalized spacial score (nSPS) is 22.7. The minimum absolute atomic E-state index is 0.0544. The van der Waals surface area contributed by atoms with Gasteiger partial charge in [-0.1, -0.05) is 5.92 Å². The van der Waals surface area contributed by atoms with E-state index in [1.165, 1.54) is 6.92 Å². The zero-order chi connectivity index (χ0) is 7.40. The molecule has 10 heavy (non-hydrogen) atoms. The standard InChI is InChI=1S/C8H10O2/c1-7(9)10-8-5-3-2-4-6-8/h8H,3,5-6H2,1H3. The quantitative estimate of drug-likeness (QED) is 0.400. The summed E-state index contributed by atoms with van der Waals surface area (Å²) in [7, 11) is 0. The molecule has 0 aliphatic heterocycles. The van der Waals surface area contributed by atoms with Crippen LogP contribution in [-0.2, 0) is 9.53 Å². The maximum atomic E-state index is 10.4. The number of hydrogen-bond acceptors (Lipinski definition) is 2. The van der Waals surface area contributed by atoms with Crippen LogP contribution in [0.4, 0.5) is 0 Å². The lowest BCUT2D eigenvalue weighted by molar-refractivity contribution is -0.146. The molecule has 2 nitrogen and oxygen atoms in total. The summed E-state index contributed by atoms with van der Waals surface area (Å²) in [5.74, 6) is 5.66. The van der Waals surface area contributed by atoms with Crippen LogP contribution in [0, 0.1) is 11.8 Å². The lowest BCUT2D eigenvalue weighted by Gasteiger charge is -2.14. The van der Waals surface area contributed by atoms with Gasteiger partial charge in [0, 0.05) is 19.8 Å². The van der Waals surface area contributed by atoms with E-state index in [-0.39, 0.29) is 12.1 Å². The van der Waals surface area contributed by atoms with E-state index in [0.29, 0.717) is 6.42 Å². The fourth-order valence-corrected chi connectivity index (χ4v) is 0.945. The van der Waals surface area contributed by atoms with E-state index in [2.05, 4.69) is 11.8 Å². The molecule has 1 aliphatic rings. The van der Waals surface area contributed by atoms with Gasteiger partial charge in [-0.15, -0.1) is 5.92 Å². The van der Waals surface area contributed by atoms with Crippen molar-refractivity contribution in [2.45, 2.75) is 32.3 Å². The predicted octanol–water partition coefficient (Wildman–Crippen LogP) is 1.11. The van der Waals surface area contributed by atoms with Gasteiger partial charge in [-0.05, 0) is 6.42 Å². The average Bonchev–Trinajstić information content (AvgIpc) is 1.88. The molecule has 0 N–H and O–H groups in total. The Morgan fingerprint density at radius 2 is 2.40 bits per heavy atom. The molecule has 0 fully saturated rings. The third kappa shape index (κ3) is 2.10. The van der Waals surface area contributed by atoms with Crippen LogP contribution in [-0.4, -0.2) is 12.1 Å². The van der Waals surface area contributed by atoms with Crippen LogP contribution in [0.25, 0.3) is 0 Å². The van der Waals surface area contributed by atoms with Crippen molar-refractivity contribution in [2.24, 2.45) is 0 Å². The molecule has 0 heterocycles. The average molecular weight is 138 g/mol. The Morgan fingerprint density at radius 3 is 2.90 bits per heavy atom. The highest BCUT2D eigenvalue weighted by atomic mass is 16.5. The second-order valence-corrected chi connectivity index (χ2v) is 2.33. The van der Waals surface area contributed by atoms with Crippen LogP contribution >= 0.6 is 0 Å². The Morgan fingerprint density at radius 1 is 1.60 bits per heavy atom. The van der Waals surface area contributed by atoms with Gasteiger partial charge in [0.05, 0.1) is 0 Å². The molecule has 2 heteroatoms. The zero-order valence-corrected chi connectivity index (χ0v) is 6.02. The van der Waals surface area contributed by atoms with E-state index < -0.39 is 0 Å². The van der Waals surface area contributed by atoms with Crippen molar-refractivity contribution in [2.75, 3.05) is 0 Å². The van der Waals surface area contributed by atoms with Gasteiger partial charge in [-0.25, -0.2) is 0 Å². The molecule has 0 aromatic heterocycles. The number of rotatable bonds is 1. The third-order valence-corrected chi connectivity index (χ3v) is 1.38. The first-order chi connectivity index (χ1) is 4.79. The van der Waals surface area contributed by atoms with Gasteiger partial charge >= 0.3 is 5.97 Å². The van der Waals surface area contributed by atoms with Gasteiger partial charge in [0.15, 0.2) is 0 Å². The molecule has 1 unspecified atom stereocenters. The highest BCUT2D eigenvalue weighted by Gasteiger charge is 2.11. The van der Waals surface area contributed by atoms with Crippen molar-refractivity contribution in [3.8, 4) is 11.8 Å². The Hall–Kier alpha value is -0.970. The van der Waals surface area contributed by atoms with Crippen LogP contribution in [0.15, 0.2) is 0 Å². The molecule has 1 atom stereocenters. The summed E-state index contributed by atoms with van der Waals surface area (Å²) < 4.78 is 4.95. The number of carbonyl (C=O) groups excluding carboxylic acids is 1. The Balaban J connectivity index is 2.31. The van der Waals surface area contributed by atoms with Crippen molar-refractivity contribution in [1.82, 2.24) is 0 Å². The first kappa shape index (κ1) is 7.14. The number of hydrogen-bond donors (Lipinski definition) is 0. The number of carbonyl (C=O) groups is 1. The molecule has 1 rings (SSSR count). The molecule has 0 spiro atoms. The first-order valence-corrected chi connectivity index (χ1v) is 3.42. The maximum Gasteiger partial charge on any atom is 0.302 e. The highest BCUT2D eigenvalue weighted by Crippen LogP contribution is 2.09. The van der Waals surface area contributed by atoms with Crippen LogP contribution in [0.2, 0.25) is 0 Å². The summed E-state index contributed by atoms with van der Waals surface area (Å²) in [6, 6.07) is 0. The first-order valence-electron chi connectivity index (χ1n) is 3.42. The Kier molecular flexibility index (Phi) is 2.33. The maximum absolute atomic E-state index is 10.4. The van der Waals surface area contributed by atoms with Gasteiger partial charge in [0.25, 0.3) is 0 Å². The van der Waals surface area contributed by atoms with Crippen LogP contribution in [0.1, 0.15) is 26.2 Å². The van der Waals surface area contributed by atoms with E-state index >= 15 is 0 Å². The molecule has 1 aliphatic carbocycles. The van der Waals surface area contributed by atoms with Gasteiger partial charge in [-0.3, -0.25) is 4.79 Å².